The van der Waals surface area contributed by atoms with Crippen molar-refractivity contribution in [1.82, 2.24) is 9.55 Å². The maximum atomic E-state index is 8.36. The third-order valence-electron chi connectivity index (χ3n) is 4.54. The molecule has 0 saturated carbocycles. The van der Waals surface area contributed by atoms with Crippen molar-refractivity contribution >= 4 is 23.2 Å². The molecule has 0 radical (unpaired) electrons. The van der Waals surface area contributed by atoms with Gasteiger partial charge in [-0.1, -0.05) is 47.5 Å². The maximum Gasteiger partial charge on any atom is 0.291 e. The van der Waals surface area contributed by atoms with Crippen molar-refractivity contribution in [2.24, 2.45) is 5.92 Å². The molecule has 29 heavy (non-hydrogen) atoms. The SMILES string of the molecule is Clc1ccc(CCC(CCc2ccc(Cl)cc2)Cn2ccnc2)cc1.O=[N+]([O-])O. The van der Waals surface area contributed by atoms with E-state index in [9.17, 15) is 0 Å². The number of hydrogen-bond donors (Lipinski definition) is 1. The topological polar surface area (TPSA) is 81.2 Å². The molecular formula is C21H23Cl2N3O3. The lowest BCUT2D eigenvalue weighted by atomic mass is 9.93. The Kier molecular flexibility index (Phi) is 9.47. The van der Waals surface area contributed by atoms with Crippen LogP contribution in [-0.2, 0) is 19.4 Å². The third-order valence-corrected chi connectivity index (χ3v) is 5.04. The number of aryl methyl sites for hydroxylation is 2. The summed E-state index contributed by atoms with van der Waals surface area (Å²) in [6.45, 7) is 1.00. The van der Waals surface area contributed by atoms with Crippen LogP contribution >= 0.6 is 23.2 Å². The molecule has 1 aromatic heterocycles. The molecule has 154 valence electrons. The number of aromatic nitrogens is 2. The van der Waals surface area contributed by atoms with Crippen LogP contribution in [0.2, 0.25) is 10.0 Å². The number of nitrogens with zero attached hydrogens (tertiary/aromatic N) is 3. The lowest BCUT2D eigenvalue weighted by Gasteiger charge is -2.18. The first-order valence-corrected chi connectivity index (χ1v) is 9.96. The molecule has 0 saturated heterocycles. The standard InChI is InChI=1S/C21H22Cl2N2.HNO3/c22-20-9-5-17(6-10-20)1-3-19(15-25-14-13-24-16-25)4-2-18-7-11-21(23)12-8-18;2-1(3)4/h5-14,16,19H,1-4,15H2;(H,2,3,4). The van der Waals surface area contributed by atoms with Gasteiger partial charge in [-0.3, -0.25) is 0 Å². The number of rotatable bonds is 8. The fourth-order valence-electron chi connectivity index (χ4n) is 3.06. The van der Waals surface area contributed by atoms with Crippen molar-refractivity contribution in [2.45, 2.75) is 32.2 Å². The molecule has 2 aromatic carbocycles. The molecule has 0 unspecified atom stereocenters. The van der Waals surface area contributed by atoms with Gasteiger partial charge in [0.2, 0.25) is 0 Å². The molecule has 0 fully saturated rings. The first-order chi connectivity index (χ1) is 13.9. The fraction of sp³-hybridized carbons (Fsp3) is 0.286. The molecule has 0 aliphatic rings. The van der Waals surface area contributed by atoms with Crippen molar-refractivity contribution in [2.75, 3.05) is 0 Å². The zero-order chi connectivity index (χ0) is 21.1. The van der Waals surface area contributed by atoms with E-state index in [-0.39, 0.29) is 0 Å². The van der Waals surface area contributed by atoms with Crippen molar-refractivity contribution in [3.05, 3.63) is 98.5 Å². The highest BCUT2D eigenvalue weighted by atomic mass is 35.5. The normalized spacial score (nSPS) is 10.4. The van der Waals surface area contributed by atoms with Crippen LogP contribution in [0.1, 0.15) is 24.0 Å². The van der Waals surface area contributed by atoms with Gasteiger partial charge in [0.15, 0.2) is 0 Å². The molecule has 6 nitrogen and oxygen atoms in total. The zero-order valence-electron chi connectivity index (χ0n) is 15.8. The van der Waals surface area contributed by atoms with Crippen LogP contribution in [0.4, 0.5) is 0 Å². The summed E-state index contributed by atoms with van der Waals surface area (Å²) in [4.78, 5) is 12.5. The maximum absolute atomic E-state index is 8.36. The monoisotopic (exact) mass is 435 g/mol. The second-order valence-corrected chi connectivity index (χ2v) is 7.57. The largest absolute Gasteiger partial charge is 0.337 e. The van der Waals surface area contributed by atoms with Gasteiger partial charge >= 0.3 is 0 Å². The smallest absolute Gasteiger partial charge is 0.291 e. The van der Waals surface area contributed by atoms with Crippen molar-refractivity contribution in [1.29, 1.82) is 0 Å². The van der Waals surface area contributed by atoms with Crippen LogP contribution in [0.15, 0.2) is 67.3 Å². The van der Waals surface area contributed by atoms with Crippen LogP contribution in [0.5, 0.6) is 0 Å². The predicted molar refractivity (Wildman–Crippen MR) is 114 cm³/mol. The Morgan fingerprint density at radius 2 is 1.41 bits per heavy atom. The first kappa shape index (κ1) is 22.7. The number of benzene rings is 2. The summed E-state index contributed by atoms with van der Waals surface area (Å²) in [5.41, 5.74) is 2.68. The first-order valence-electron chi connectivity index (χ1n) is 9.20. The molecule has 1 N–H and O–H groups in total. The molecular weight excluding hydrogens is 413 g/mol. The van der Waals surface area contributed by atoms with E-state index in [2.05, 4.69) is 33.8 Å². The number of imidazole rings is 1. The van der Waals surface area contributed by atoms with E-state index >= 15 is 0 Å². The molecule has 3 rings (SSSR count). The molecule has 0 bridgehead atoms. The minimum absolute atomic E-state index is 0.598. The molecule has 0 aliphatic carbocycles. The van der Waals surface area contributed by atoms with E-state index < -0.39 is 5.09 Å². The molecule has 3 aromatic rings. The molecule has 0 spiro atoms. The average Bonchev–Trinajstić information content (AvgIpc) is 3.19. The Hall–Kier alpha value is -2.57. The van der Waals surface area contributed by atoms with Gasteiger partial charge in [-0.25, -0.2) is 4.98 Å². The Morgan fingerprint density at radius 3 is 1.79 bits per heavy atom. The van der Waals surface area contributed by atoms with Gasteiger partial charge in [0.25, 0.3) is 5.09 Å². The van der Waals surface area contributed by atoms with Crippen molar-refractivity contribution in [3.63, 3.8) is 0 Å². The molecule has 8 heteroatoms. The molecule has 1 heterocycles. The number of hydrogen-bond acceptors (Lipinski definition) is 3. The van der Waals surface area contributed by atoms with Crippen LogP contribution in [-0.4, -0.2) is 19.8 Å². The van der Waals surface area contributed by atoms with E-state index in [0.717, 1.165) is 42.3 Å². The summed E-state index contributed by atoms with van der Waals surface area (Å²) >= 11 is 12.0. The van der Waals surface area contributed by atoms with Gasteiger partial charge in [0, 0.05) is 29.0 Å². The van der Waals surface area contributed by atoms with E-state index in [0.29, 0.717) is 5.92 Å². The average molecular weight is 436 g/mol. The van der Waals surface area contributed by atoms with Crippen LogP contribution in [0.3, 0.4) is 0 Å². The minimum Gasteiger partial charge on any atom is -0.337 e. The summed E-state index contributed by atoms with van der Waals surface area (Å²) in [5.74, 6) is 0.598. The molecule has 0 amide bonds. The summed E-state index contributed by atoms with van der Waals surface area (Å²) in [7, 11) is 0. The summed E-state index contributed by atoms with van der Waals surface area (Å²) < 4.78 is 2.17. The lowest BCUT2D eigenvalue weighted by molar-refractivity contribution is -0.742. The highest BCUT2D eigenvalue weighted by molar-refractivity contribution is 6.30. The third kappa shape index (κ3) is 9.45. The lowest BCUT2D eigenvalue weighted by Crippen LogP contribution is -2.12. The van der Waals surface area contributed by atoms with Crippen molar-refractivity contribution < 1.29 is 10.3 Å². The second kappa shape index (κ2) is 12.1. The van der Waals surface area contributed by atoms with Gasteiger partial charge in [0.1, 0.15) is 0 Å². The highest BCUT2D eigenvalue weighted by Gasteiger charge is 2.11. The summed E-state index contributed by atoms with van der Waals surface area (Å²) in [5, 5.41) is 15.2. The molecule has 0 atom stereocenters. The Balaban J connectivity index is 0.000000687. The zero-order valence-corrected chi connectivity index (χ0v) is 17.3. The Morgan fingerprint density at radius 1 is 0.966 bits per heavy atom. The van der Waals surface area contributed by atoms with Crippen LogP contribution < -0.4 is 0 Å². The summed E-state index contributed by atoms with van der Waals surface area (Å²) in [6, 6.07) is 16.4. The highest BCUT2D eigenvalue weighted by Crippen LogP contribution is 2.20. The fourth-order valence-corrected chi connectivity index (χ4v) is 3.32. The van der Waals surface area contributed by atoms with Gasteiger partial charge in [-0.15, -0.1) is 10.1 Å². The Labute approximate surface area is 179 Å². The van der Waals surface area contributed by atoms with Crippen molar-refractivity contribution in [3.8, 4) is 0 Å². The quantitative estimate of drug-likeness (QED) is 0.362. The van der Waals surface area contributed by atoms with E-state index in [1.165, 1.54) is 11.1 Å². The van der Waals surface area contributed by atoms with Gasteiger partial charge in [0.05, 0.1) is 6.33 Å². The summed E-state index contributed by atoms with van der Waals surface area (Å²) in [6.07, 6.45) is 10.2. The van der Waals surface area contributed by atoms with E-state index in [4.69, 9.17) is 38.5 Å². The minimum atomic E-state index is -1.50. The Bertz CT molecular complexity index is 800. The second-order valence-electron chi connectivity index (χ2n) is 6.69. The van der Waals surface area contributed by atoms with E-state index in [1.54, 1.807) is 0 Å². The van der Waals surface area contributed by atoms with Crippen LogP contribution in [0.25, 0.3) is 0 Å². The number of halogens is 2. The van der Waals surface area contributed by atoms with Crippen LogP contribution in [0, 0.1) is 16.0 Å². The van der Waals surface area contributed by atoms with Gasteiger partial charge in [-0.05, 0) is 67.0 Å². The van der Waals surface area contributed by atoms with Gasteiger partial charge in [-0.2, -0.15) is 0 Å². The van der Waals surface area contributed by atoms with E-state index in [1.807, 2.05) is 43.0 Å². The molecule has 0 aliphatic heterocycles. The predicted octanol–water partition coefficient (Wildman–Crippen LogP) is 5.72. The van der Waals surface area contributed by atoms with Gasteiger partial charge < -0.3 is 9.77 Å².